The summed E-state index contributed by atoms with van der Waals surface area (Å²) in [5.41, 5.74) is -4.57. The van der Waals surface area contributed by atoms with Crippen LogP contribution in [0.15, 0.2) is 42.5 Å². The molecule has 0 bridgehead atoms. The smallest absolute Gasteiger partial charge is 0.429 e. The van der Waals surface area contributed by atoms with Gasteiger partial charge < -0.3 is 9.47 Å². The topological polar surface area (TPSA) is 18.5 Å². The number of unbranched alkanes of at least 4 members (excludes halogenated alkanes) is 1. The maximum absolute atomic E-state index is 15.0. The van der Waals surface area contributed by atoms with Gasteiger partial charge in [-0.2, -0.15) is 22.0 Å². The molecule has 3 aromatic rings. The zero-order chi connectivity index (χ0) is 30.1. The van der Waals surface area contributed by atoms with Crippen molar-refractivity contribution in [3.8, 4) is 16.9 Å². The van der Waals surface area contributed by atoms with Gasteiger partial charge in [0, 0.05) is 17.7 Å². The van der Waals surface area contributed by atoms with E-state index in [-0.39, 0.29) is 23.8 Å². The molecule has 1 aliphatic rings. The standard InChI is InChI=1S/C29H24F10O2/c1-2-3-4-15-5-8-25(40-14-15)16-6-7-19(20(30)9-16)17-10-21(31)27(22(32)11-17)29(38,39)41-18-12-23(33)26(24(34)13-18)28(35,36)37/h6-7,9-13,15,25H,2-5,8,14H2,1H3. The molecule has 1 aliphatic heterocycles. The first-order valence-corrected chi connectivity index (χ1v) is 12.7. The number of alkyl halides is 5. The third kappa shape index (κ3) is 6.79. The maximum Gasteiger partial charge on any atom is 0.432 e. The molecular weight excluding hydrogens is 570 g/mol. The Hall–Kier alpha value is -3.28. The van der Waals surface area contributed by atoms with Crippen LogP contribution in [0, 0.1) is 35.0 Å². The Balaban J connectivity index is 1.55. The summed E-state index contributed by atoms with van der Waals surface area (Å²) in [6.45, 7) is 2.61. The summed E-state index contributed by atoms with van der Waals surface area (Å²) < 4.78 is 149. The van der Waals surface area contributed by atoms with Crippen LogP contribution in [0.4, 0.5) is 43.9 Å². The van der Waals surface area contributed by atoms with Gasteiger partial charge in [-0.15, -0.1) is 0 Å². The number of benzene rings is 3. The molecule has 0 spiro atoms. The van der Waals surface area contributed by atoms with Crippen molar-refractivity contribution in [1.29, 1.82) is 0 Å². The molecule has 0 aromatic heterocycles. The van der Waals surface area contributed by atoms with Crippen molar-refractivity contribution < 1.29 is 53.4 Å². The van der Waals surface area contributed by atoms with Crippen LogP contribution in [0.3, 0.4) is 0 Å². The van der Waals surface area contributed by atoms with E-state index in [9.17, 15) is 43.9 Å². The highest BCUT2D eigenvalue weighted by molar-refractivity contribution is 5.65. The molecule has 2 nitrogen and oxygen atoms in total. The monoisotopic (exact) mass is 594 g/mol. The number of hydrogen-bond acceptors (Lipinski definition) is 2. The minimum absolute atomic E-state index is 0.192. The first-order valence-electron chi connectivity index (χ1n) is 12.7. The second-order valence-electron chi connectivity index (χ2n) is 9.84. The van der Waals surface area contributed by atoms with Crippen LogP contribution in [0.1, 0.15) is 61.8 Å². The van der Waals surface area contributed by atoms with Gasteiger partial charge in [0.1, 0.15) is 46.0 Å². The molecule has 41 heavy (non-hydrogen) atoms. The largest absolute Gasteiger partial charge is 0.432 e. The highest BCUT2D eigenvalue weighted by Gasteiger charge is 2.43. The summed E-state index contributed by atoms with van der Waals surface area (Å²) in [4.78, 5) is 0. The van der Waals surface area contributed by atoms with Gasteiger partial charge in [0.15, 0.2) is 0 Å². The zero-order valence-electron chi connectivity index (χ0n) is 21.5. The third-order valence-corrected chi connectivity index (χ3v) is 6.89. The Morgan fingerprint density at radius 1 is 0.780 bits per heavy atom. The van der Waals surface area contributed by atoms with E-state index in [1.807, 2.05) is 0 Å². The number of hydrogen-bond donors (Lipinski definition) is 0. The molecule has 4 rings (SSSR count). The van der Waals surface area contributed by atoms with Crippen molar-refractivity contribution >= 4 is 0 Å². The van der Waals surface area contributed by atoms with E-state index >= 15 is 0 Å². The predicted octanol–water partition coefficient (Wildman–Crippen LogP) is 9.85. The molecule has 222 valence electrons. The molecule has 2 atom stereocenters. The Bertz CT molecular complexity index is 1350. The van der Waals surface area contributed by atoms with E-state index in [1.165, 1.54) is 12.1 Å². The Morgan fingerprint density at radius 2 is 1.39 bits per heavy atom. The first-order chi connectivity index (χ1) is 19.2. The van der Waals surface area contributed by atoms with Crippen molar-refractivity contribution in [2.75, 3.05) is 6.61 Å². The van der Waals surface area contributed by atoms with E-state index < -0.39 is 63.8 Å². The maximum atomic E-state index is 15.0. The van der Waals surface area contributed by atoms with Crippen LogP contribution in [0.5, 0.6) is 5.75 Å². The van der Waals surface area contributed by atoms with Crippen molar-refractivity contribution in [1.82, 2.24) is 0 Å². The Kier molecular flexibility index (Phi) is 8.91. The van der Waals surface area contributed by atoms with Gasteiger partial charge in [0.2, 0.25) is 0 Å². The van der Waals surface area contributed by atoms with Crippen molar-refractivity contribution in [3.05, 3.63) is 88.2 Å². The van der Waals surface area contributed by atoms with Crippen LogP contribution >= 0.6 is 0 Å². The lowest BCUT2D eigenvalue weighted by Crippen LogP contribution is -2.25. The van der Waals surface area contributed by atoms with E-state index in [0.29, 0.717) is 36.6 Å². The summed E-state index contributed by atoms with van der Waals surface area (Å²) in [5.74, 6) is -10.3. The van der Waals surface area contributed by atoms with Crippen LogP contribution in [0.2, 0.25) is 0 Å². The van der Waals surface area contributed by atoms with Gasteiger partial charge in [-0.05, 0) is 54.5 Å². The summed E-state index contributed by atoms with van der Waals surface area (Å²) in [6.07, 6.45) is -6.02. The van der Waals surface area contributed by atoms with Crippen molar-refractivity contribution in [2.45, 2.75) is 57.4 Å². The second-order valence-corrected chi connectivity index (χ2v) is 9.84. The normalized spacial score (nSPS) is 18.0. The fourth-order valence-corrected chi connectivity index (χ4v) is 4.84. The van der Waals surface area contributed by atoms with Crippen LogP contribution in [0.25, 0.3) is 11.1 Å². The van der Waals surface area contributed by atoms with Crippen molar-refractivity contribution in [2.24, 2.45) is 5.92 Å². The van der Waals surface area contributed by atoms with Gasteiger partial charge in [0.05, 0.1) is 12.7 Å². The molecule has 0 radical (unpaired) electrons. The average molecular weight is 594 g/mol. The molecule has 0 aliphatic carbocycles. The zero-order valence-corrected chi connectivity index (χ0v) is 21.5. The minimum atomic E-state index is -5.47. The van der Waals surface area contributed by atoms with Crippen LogP contribution < -0.4 is 4.74 Å². The number of halogens is 10. The minimum Gasteiger partial charge on any atom is -0.429 e. The van der Waals surface area contributed by atoms with E-state index in [1.54, 1.807) is 0 Å². The molecule has 0 saturated carbocycles. The predicted molar refractivity (Wildman–Crippen MR) is 129 cm³/mol. The molecule has 0 N–H and O–H groups in total. The lowest BCUT2D eigenvalue weighted by atomic mass is 9.90. The molecule has 1 fully saturated rings. The average Bonchev–Trinajstić information content (AvgIpc) is 2.85. The third-order valence-electron chi connectivity index (χ3n) is 6.89. The second kappa shape index (κ2) is 11.9. The molecule has 1 heterocycles. The molecule has 1 saturated heterocycles. The molecule has 0 amide bonds. The van der Waals surface area contributed by atoms with Gasteiger partial charge in [-0.25, -0.2) is 22.0 Å². The summed E-state index contributed by atoms with van der Waals surface area (Å²) >= 11 is 0. The lowest BCUT2D eigenvalue weighted by Gasteiger charge is -2.29. The van der Waals surface area contributed by atoms with Crippen LogP contribution in [-0.2, 0) is 17.0 Å². The first kappa shape index (κ1) is 30.7. The van der Waals surface area contributed by atoms with Crippen molar-refractivity contribution in [3.63, 3.8) is 0 Å². The Morgan fingerprint density at radius 3 is 1.90 bits per heavy atom. The Labute approximate surface area is 228 Å². The number of ether oxygens (including phenoxy) is 2. The summed E-state index contributed by atoms with van der Waals surface area (Å²) in [7, 11) is 0. The van der Waals surface area contributed by atoms with Crippen LogP contribution in [-0.4, -0.2) is 6.61 Å². The fraction of sp³-hybridized carbons (Fsp3) is 0.379. The van der Waals surface area contributed by atoms with Gasteiger partial charge in [0.25, 0.3) is 0 Å². The summed E-state index contributed by atoms with van der Waals surface area (Å²) in [6, 6.07) is 4.32. The van der Waals surface area contributed by atoms with Gasteiger partial charge in [-0.3, -0.25) is 0 Å². The highest BCUT2D eigenvalue weighted by atomic mass is 19.4. The molecular formula is C29H24F10O2. The van der Waals surface area contributed by atoms with E-state index in [4.69, 9.17) is 4.74 Å². The molecule has 2 unspecified atom stereocenters. The quantitative estimate of drug-likeness (QED) is 0.242. The lowest BCUT2D eigenvalue weighted by molar-refractivity contribution is -0.189. The number of rotatable bonds is 8. The van der Waals surface area contributed by atoms with Gasteiger partial charge >= 0.3 is 12.3 Å². The van der Waals surface area contributed by atoms with E-state index in [0.717, 1.165) is 31.7 Å². The SMILES string of the molecule is CCCCC1CCC(c2ccc(-c3cc(F)c(C(F)(F)Oc4cc(F)c(C(F)(F)F)c(F)c4)c(F)c3)c(F)c2)OC1. The fourth-order valence-electron chi connectivity index (χ4n) is 4.84. The highest BCUT2D eigenvalue weighted by Crippen LogP contribution is 2.41. The van der Waals surface area contributed by atoms with Gasteiger partial charge in [-0.1, -0.05) is 31.9 Å². The molecule has 3 aromatic carbocycles. The molecule has 12 heteroatoms. The van der Waals surface area contributed by atoms with E-state index in [2.05, 4.69) is 11.7 Å². The summed E-state index contributed by atoms with van der Waals surface area (Å²) in [5, 5.41) is 0.